The van der Waals surface area contributed by atoms with Gasteiger partial charge in [0.05, 0.1) is 18.1 Å². The van der Waals surface area contributed by atoms with Crippen molar-refractivity contribution in [2.75, 3.05) is 6.54 Å². The van der Waals surface area contributed by atoms with Gasteiger partial charge in [0, 0.05) is 25.8 Å². The number of aliphatic hydroxyl groups excluding tert-OH is 2. The molecule has 6 unspecified atom stereocenters. The second-order valence-electron chi connectivity index (χ2n) is 9.27. The number of carbonyl (C=O) groups is 3. The zero-order valence-corrected chi connectivity index (χ0v) is 19.5. The van der Waals surface area contributed by atoms with Crippen LogP contribution in [0.5, 0.6) is 0 Å². The number of ether oxygens (including phenoxy) is 1. The lowest BCUT2D eigenvalue weighted by atomic mass is 9.94. The number of nitrogens with zero attached hydrogens (tertiary/aromatic N) is 1. The summed E-state index contributed by atoms with van der Waals surface area (Å²) in [4.78, 5) is 41.0. The molecule has 2 heterocycles. The third kappa shape index (κ3) is 6.54. The third-order valence-electron chi connectivity index (χ3n) is 6.64. The molecule has 1 aromatic rings. The zero-order chi connectivity index (χ0) is 24.0. The van der Waals surface area contributed by atoms with E-state index in [1.165, 1.54) is 4.90 Å². The highest BCUT2D eigenvalue weighted by molar-refractivity contribution is 5.92. The highest BCUT2D eigenvalue weighted by Gasteiger charge is 2.40. The molecule has 3 N–H and O–H groups in total. The SMILES string of the molecule is CCCC1CC(O)CC(O)C(C)C(=O)NC(Cc2ccccc2)C(=O)N2CCCC2C(=O)O1. The fourth-order valence-electron chi connectivity index (χ4n) is 4.68. The fraction of sp³-hybridized carbons (Fsp3) is 0.640. The van der Waals surface area contributed by atoms with Crippen LogP contribution >= 0.6 is 0 Å². The van der Waals surface area contributed by atoms with Gasteiger partial charge in [-0.25, -0.2) is 4.79 Å². The van der Waals surface area contributed by atoms with Crippen LogP contribution in [0.15, 0.2) is 30.3 Å². The van der Waals surface area contributed by atoms with Gasteiger partial charge < -0.3 is 25.2 Å². The van der Waals surface area contributed by atoms with Gasteiger partial charge in [0.1, 0.15) is 18.2 Å². The maximum atomic E-state index is 13.5. The molecule has 8 nitrogen and oxygen atoms in total. The molecular weight excluding hydrogens is 424 g/mol. The Morgan fingerprint density at radius 2 is 1.85 bits per heavy atom. The molecule has 6 atom stereocenters. The summed E-state index contributed by atoms with van der Waals surface area (Å²) in [6.07, 6.45) is 0.451. The maximum absolute atomic E-state index is 13.5. The minimum Gasteiger partial charge on any atom is -0.461 e. The summed E-state index contributed by atoms with van der Waals surface area (Å²) in [5.41, 5.74) is 0.877. The zero-order valence-electron chi connectivity index (χ0n) is 19.5. The Morgan fingerprint density at radius 1 is 1.12 bits per heavy atom. The minimum absolute atomic E-state index is 0.0147. The molecule has 2 aliphatic rings. The van der Waals surface area contributed by atoms with Crippen LogP contribution < -0.4 is 5.32 Å². The highest BCUT2D eigenvalue weighted by Crippen LogP contribution is 2.24. The summed E-state index contributed by atoms with van der Waals surface area (Å²) in [6.45, 7) is 3.97. The first kappa shape index (κ1) is 25.2. The summed E-state index contributed by atoms with van der Waals surface area (Å²) in [5.74, 6) is -2.06. The standard InChI is InChI=1S/C25H36N2O6/c1-3-8-19-14-18(28)15-22(29)16(2)23(30)26-20(13-17-9-5-4-6-10-17)24(31)27-12-7-11-21(27)25(32)33-19/h4-6,9-10,16,18-22,28-29H,3,7-8,11-15H2,1-2H3,(H,26,30). The number of esters is 1. The number of hydrogen-bond acceptors (Lipinski definition) is 6. The molecule has 0 bridgehead atoms. The van der Waals surface area contributed by atoms with Crippen molar-refractivity contribution in [3.8, 4) is 0 Å². The van der Waals surface area contributed by atoms with E-state index in [9.17, 15) is 24.6 Å². The predicted octanol–water partition coefficient (Wildman–Crippen LogP) is 1.57. The molecule has 0 aromatic heterocycles. The lowest BCUT2D eigenvalue weighted by Crippen LogP contribution is -2.54. The van der Waals surface area contributed by atoms with Gasteiger partial charge in [-0.1, -0.05) is 50.6 Å². The molecule has 182 valence electrons. The van der Waals surface area contributed by atoms with Crippen LogP contribution in [0.1, 0.15) is 57.9 Å². The summed E-state index contributed by atoms with van der Waals surface area (Å²) in [5, 5.41) is 23.9. The van der Waals surface area contributed by atoms with Gasteiger partial charge >= 0.3 is 5.97 Å². The fourth-order valence-corrected chi connectivity index (χ4v) is 4.68. The maximum Gasteiger partial charge on any atom is 0.329 e. The van der Waals surface area contributed by atoms with E-state index in [0.29, 0.717) is 25.8 Å². The quantitative estimate of drug-likeness (QED) is 0.588. The highest BCUT2D eigenvalue weighted by atomic mass is 16.5. The topological polar surface area (TPSA) is 116 Å². The Kier molecular flexibility index (Phi) is 8.86. The molecule has 0 saturated carbocycles. The van der Waals surface area contributed by atoms with E-state index in [-0.39, 0.29) is 25.2 Å². The Labute approximate surface area is 195 Å². The monoisotopic (exact) mass is 460 g/mol. The summed E-state index contributed by atoms with van der Waals surface area (Å²) < 4.78 is 5.74. The van der Waals surface area contributed by atoms with Crippen molar-refractivity contribution < 1.29 is 29.3 Å². The predicted molar refractivity (Wildman–Crippen MR) is 122 cm³/mol. The molecule has 2 saturated heterocycles. The van der Waals surface area contributed by atoms with Gasteiger partial charge in [-0.3, -0.25) is 9.59 Å². The van der Waals surface area contributed by atoms with Gasteiger partial charge in [-0.2, -0.15) is 0 Å². The van der Waals surface area contributed by atoms with E-state index in [1.54, 1.807) is 6.92 Å². The smallest absolute Gasteiger partial charge is 0.329 e. The first-order valence-electron chi connectivity index (χ1n) is 12.0. The third-order valence-corrected chi connectivity index (χ3v) is 6.64. The van der Waals surface area contributed by atoms with Crippen molar-refractivity contribution in [2.45, 2.75) is 89.2 Å². The van der Waals surface area contributed by atoms with Crippen LogP contribution in [0.2, 0.25) is 0 Å². The van der Waals surface area contributed by atoms with Crippen molar-refractivity contribution in [3.63, 3.8) is 0 Å². The molecule has 0 spiro atoms. The number of fused-ring (bicyclic) bond motifs is 1. The number of nitrogens with one attached hydrogen (secondary N) is 1. The summed E-state index contributed by atoms with van der Waals surface area (Å²) in [6, 6.07) is 7.79. The lowest BCUT2D eigenvalue weighted by Gasteiger charge is -2.32. The largest absolute Gasteiger partial charge is 0.461 e. The van der Waals surface area contributed by atoms with Crippen molar-refractivity contribution in [1.82, 2.24) is 10.2 Å². The minimum atomic E-state index is -1.09. The van der Waals surface area contributed by atoms with E-state index < -0.39 is 48.2 Å². The van der Waals surface area contributed by atoms with Crippen molar-refractivity contribution >= 4 is 17.8 Å². The summed E-state index contributed by atoms with van der Waals surface area (Å²) >= 11 is 0. The number of cyclic esters (lactones) is 1. The van der Waals surface area contributed by atoms with E-state index >= 15 is 0 Å². The molecule has 8 heteroatoms. The second kappa shape index (κ2) is 11.6. The molecule has 2 aliphatic heterocycles. The van der Waals surface area contributed by atoms with Crippen molar-refractivity contribution in [1.29, 1.82) is 0 Å². The average molecular weight is 461 g/mol. The molecule has 2 fully saturated rings. The van der Waals surface area contributed by atoms with Crippen LogP contribution in [0.25, 0.3) is 0 Å². The lowest BCUT2D eigenvalue weighted by molar-refractivity contribution is -0.160. The van der Waals surface area contributed by atoms with Gasteiger partial charge in [0.15, 0.2) is 0 Å². The Balaban J connectivity index is 1.90. The average Bonchev–Trinajstić information content (AvgIpc) is 3.27. The Hall–Kier alpha value is -2.45. The first-order chi connectivity index (χ1) is 15.8. The van der Waals surface area contributed by atoms with Gasteiger partial charge in [0.2, 0.25) is 11.8 Å². The number of hydrogen-bond donors (Lipinski definition) is 3. The molecular formula is C25H36N2O6. The van der Waals surface area contributed by atoms with Crippen LogP contribution in [-0.4, -0.2) is 69.8 Å². The normalized spacial score (nSPS) is 32.0. The van der Waals surface area contributed by atoms with Gasteiger partial charge in [0.25, 0.3) is 0 Å². The van der Waals surface area contributed by atoms with E-state index in [2.05, 4.69) is 5.32 Å². The molecule has 2 amide bonds. The van der Waals surface area contributed by atoms with E-state index in [0.717, 1.165) is 12.0 Å². The molecule has 3 rings (SSSR count). The molecule has 1 aromatic carbocycles. The number of carbonyl (C=O) groups excluding carboxylic acids is 3. The molecule has 0 radical (unpaired) electrons. The van der Waals surface area contributed by atoms with E-state index in [1.807, 2.05) is 37.3 Å². The van der Waals surface area contributed by atoms with Gasteiger partial charge in [-0.05, 0) is 24.8 Å². The Bertz CT molecular complexity index is 816. The number of benzene rings is 1. The number of aliphatic hydroxyl groups is 2. The summed E-state index contributed by atoms with van der Waals surface area (Å²) in [7, 11) is 0. The Morgan fingerprint density at radius 3 is 2.55 bits per heavy atom. The molecule has 33 heavy (non-hydrogen) atoms. The van der Waals surface area contributed by atoms with E-state index in [4.69, 9.17) is 4.74 Å². The first-order valence-corrected chi connectivity index (χ1v) is 12.0. The van der Waals surface area contributed by atoms with Crippen LogP contribution in [0, 0.1) is 5.92 Å². The number of amides is 2. The second-order valence-corrected chi connectivity index (χ2v) is 9.27. The van der Waals surface area contributed by atoms with Crippen LogP contribution in [0.4, 0.5) is 0 Å². The van der Waals surface area contributed by atoms with Crippen molar-refractivity contribution in [2.24, 2.45) is 5.92 Å². The number of rotatable bonds is 4. The van der Waals surface area contributed by atoms with Crippen LogP contribution in [-0.2, 0) is 25.5 Å². The van der Waals surface area contributed by atoms with Crippen molar-refractivity contribution in [3.05, 3.63) is 35.9 Å². The molecule has 0 aliphatic carbocycles. The van der Waals surface area contributed by atoms with Gasteiger partial charge in [-0.15, -0.1) is 0 Å². The van der Waals surface area contributed by atoms with Crippen LogP contribution in [0.3, 0.4) is 0 Å².